The van der Waals surface area contributed by atoms with Gasteiger partial charge in [-0.1, -0.05) is 0 Å². The standard InChI is InChI=1S/C14H19NO7.H2O/c1-22-10-4-2-9(3-5-10)6-15-14(21,8-17)13(20)12(19)11(18)7-16;/h2-6,8,11-13,16,18-21H,7H2,1H3;1H2. The van der Waals surface area contributed by atoms with Crippen molar-refractivity contribution in [2.75, 3.05) is 13.7 Å². The smallest absolute Gasteiger partial charge is 0.241 e. The minimum absolute atomic E-state index is 0. The summed E-state index contributed by atoms with van der Waals surface area (Å²) in [5, 5.41) is 47.2. The van der Waals surface area contributed by atoms with Crippen LogP contribution in [-0.2, 0) is 4.79 Å². The first-order valence-electron chi connectivity index (χ1n) is 6.41. The molecule has 1 rings (SSSR count). The number of aldehydes is 1. The van der Waals surface area contributed by atoms with Crippen LogP contribution in [0.2, 0.25) is 0 Å². The van der Waals surface area contributed by atoms with Gasteiger partial charge in [0.25, 0.3) is 0 Å². The SMILES string of the molecule is COc1ccc(C=NC(O)(C=O)C(O)C(O)C(O)CO)cc1.O. The number of carbonyl (C=O) groups excluding carboxylic acids is 1. The Kier molecular flexibility index (Phi) is 8.54. The Bertz CT molecular complexity index is 506. The first-order valence-corrected chi connectivity index (χ1v) is 6.41. The Morgan fingerprint density at radius 3 is 2.26 bits per heavy atom. The van der Waals surface area contributed by atoms with Gasteiger partial charge in [0.15, 0.2) is 6.29 Å². The van der Waals surface area contributed by atoms with Crippen LogP contribution in [0.1, 0.15) is 5.56 Å². The lowest BCUT2D eigenvalue weighted by atomic mass is 9.99. The van der Waals surface area contributed by atoms with Gasteiger partial charge in [-0.25, -0.2) is 4.99 Å². The minimum atomic E-state index is -2.66. The summed E-state index contributed by atoms with van der Waals surface area (Å²) in [5.74, 6) is 0.601. The zero-order valence-electron chi connectivity index (χ0n) is 12.4. The molecule has 1 aromatic rings. The molecule has 0 aliphatic heterocycles. The van der Waals surface area contributed by atoms with Crippen molar-refractivity contribution in [1.82, 2.24) is 0 Å². The van der Waals surface area contributed by atoms with E-state index in [9.17, 15) is 25.2 Å². The highest BCUT2D eigenvalue weighted by molar-refractivity contribution is 5.82. The summed E-state index contributed by atoms with van der Waals surface area (Å²) in [5.41, 5.74) is -2.15. The quantitative estimate of drug-likeness (QED) is 0.254. The molecule has 1 aromatic carbocycles. The highest BCUT2D eigenvalue weighted by atomic mass is 16.5. The molecule has 0 fully saturated rings. The predicted octanol–water partition coefficient (Wildman–Crippen LogP) is -2.75. The Hall–Kier alpha value is -1.88. The molecule has 0 aliphatic rings. The maximum atomic E-state index is 11.0. The van der Waals surface area contributed by atoms with Crippen molar-refractivity contribution < 1.29 is 40.5 Å². The monoisotopic (exact) mass is 331 g/mol. The van der Waals surface area contributed by atoms with Crippen molar-refractivity contribution in [1.29, 1.82) is 0 Å². The highest BCUT2D eigenvalue weighted by Gasteiger charge is 2.42. The number of methoxy groups -OCH3 is 1. The molecular formula is C14H21NO8. The molecule has 23 heavy (non-hydrogen) atoms. The molecule has 4 unspecified atom stereocenters. The van der Waals surface area contributed by atoms with E-state index in [1.165, 1.54) is 7.11 Å². The number of nitrogens with zero attached hydrogens (tertiary/aromatic N) is 1. The van der Waals surface area contributed by atoms with Crippen LogP contribution >= 0.6 is 0 Å². The molecule has 4 atom stereocenters. The van der Waals surface area contributed by atoms with Crippen LogP contribution in [0.5, 0.6) is 5.75 Å². The molecular weight excluding hydrogens is 310 g/mol. The van der Waals surface area contributed by atoms with Crippen LogP contribution in [0.4, 0.5) is 0 Å². The Labute approximate surface area is 132 Å². The molecule has 9 heteroatoms. The van der Waals surface area contributed by atoms with Crippen molar-refractivity contribution in [2.24, 2.45) is 4.99 Å². The van der Waals surface area contributed by atoms with Crippen molar-refractivity contribution in [3.05, 3.63) is 29.8 Å². The number of aliphatic imine (C=N–C) groups is 1. The van der Waals surface area contributed by atoms with E-state index in [1.54, 1.807) is 24.3 Å². The molecule has 0 aliphatic carbocycles. The van der Waals surface area contributed by atoms with Gasteiger partial charge in [0.05, 0.1) is 13.7 Å². The number of hydrogen-bond acceptors (Lipinski definition) is 8. The van der Waals surface area contributed by atoms with Crippen LogP contribution in [0.25, 0.3) is 0 Å². The van der Waals surface area contributed by atoms with Crippen LogP contribution in [0.15, 0.2) is 29.3 Å². The molecule has 0 bridgehead atoms. The molecule has 130 valence electrons. The molecule has 0 heterocycles. The van der Waals surface area contributed by atoms with E-state index in [2.05, 4.69) is 4.99 Å². The molecule has 0 aromatic heterocycles. The summed E-state index contributed by atoms with van der Waals surface area (Å²) < 4.78 is 4.97. The van der Waals surface area contributed by atoms with Gasteiger partial charge in [0.1, 0.15) is 24.1 Å². The second kappa shape index (κ2) is 9.30. The van der Waals surface area contributed by atoms with Crippen LogP contribution in [0, 0.1) is 0 Å². The third-order valence-corrected chi connectivity index (χ3v) is 3.05. The molecule has 9 nitrogen and oxygen atoms in total. The van der Waals surface area contributed by atoms with Crippen molar-refractivity contribution in [3.63, 3.8) is 0 Å². The third kappa shape index (κ3) is 5.36. The van der Waals surface area contributed by atoms with Gasteiger partial charge < -0.3 is 35.7 Å². The molecule has 0 radical (unpaired) electrons. The number of rotatable bonds is 8. The summed E-state index contributed by atoms with van der Waals surface area (Å²) in [6.45, 7) is -0.852. The maximum Gasteiger partial charge on any atom is 0.241 e. The first kappa shape index (κ1) is 21.1. The zero-order valence-corrected chi connectivity index (χ0v) is 12.4. The Morgan fingerprint density at radius 1 is 1.26 bits per heavy atom. The predicted molar refractivity (Wildman–Crippen MR) is 80.3 cm³/mol. The van der Waals surface area contributed by atoms with Gasteiger partial charge in [-0.2, -0.15) is 0 Å². The first-order chi connectivity index (χ1) is 10.4. The number of aliphatic hydroxyl groups is 5. The summed E-state index contributed by atoms with van der Waals surface area (Å²) in [6, 6.07) is 6.45. The normalized spacial score (nSPS) is 17.7. The van der Waals surface area contributed by atoms with E-state index in [0.29, 0.717) is 11.3 Å². The average molecular weight is 331 g/mol. The van der Waals surface area contributed by atoms with E-state index >= 15 is 0 Å². The summed E-state index contributed by atoms with van der Waals surface area (Å²) in [7, 11) is 1.50. The fraction of sp³-hybridized carbons (Fsp3) is 0.429. The van der Waals surface area contributed by atoms with Crippen molar-refractivity contribution in [2.45, 2.75) is 24.0 Å². The van der Waals surface area contributed by atoms with Crippen LogP contribution in [0.3, 0.4) is 0 Å². The third-order valence-electron chi connectivity index (χ3n) is 3.05. The van der Waals surface area contributed by atoms with Gasteiger partial charge >= 0.3 is 0 Å². The second-order valence-electron chi connectivity index (χ2n) is 4.62. The van der Waals surface area contributed by atoms with Crippen molar-refractivity contribution >= 4 is 12.5 Å². The van der Waals surface area contributed by atoms with E-state index < -0.39 is 30.6 Å². The molecule has 7 N–H and O–H groups in total. The number of hydrogen-bond donors (Lipinski definition) is 5. The van der Waals surface area contributed by atoms with Gasteiger partial charge in [0.2, 0.25) is 5.72 Å². The van der Waals surface area contributed by atoms with Gasteiger partial charge in [-0.3, -0.25) is 4.79 Å². The van der Waals surface area contributed by atoms with E-state index in [1.807, 2.05) is 0 Å². The van der Waals surface area contributed by atoms with Crippen LogP contribution < -0.4 is 4.74 Å². The van der Waals surface area contributed by atoms with E-state index in [4.69, 9.17) is 9.84 Å². The van der Waals surface area contributed by atoms with Crippen molar-refractivity contribution in [3.8, 4) is 5.75 Å². The fourth-order valence-corrected chi connectivity index (χ4v) is 1.61. The lowest BCUT2D eigenvalue weighted by Gasteiger charge is -2.29. The lowest BCUT2D eigenvalue weighted by Crippen LogP contribution is -2.53. The zero-order chi connectivity index (χ0) is 16.8. The Morgan fingerprint density at radius 2 is 1.83 bits per heavy atom. The van der Waals surface area contributed by atoms with Gasteiger partial charge in [-0.15, -0.1) is 0 Å². The summed E-state index contributed by atoms with van der Waals surface area (Å²) in [6.07, 6.45) is -4.73. The fourth-order valence-electron chi connectivity index (χ4n) is 1.61. The largest absolute Gasteiger partial charge is 0.497 e. The average Bonchev–Trinajstić information content (AvgIpc) is 2.57. The highest BCUT2D eigenvalue weighted by Crippen LogP contribution is 2.17. The minimum Gasteiger partial charge on any atom is -0.497 e. The Balaban J connectivity index is 0.00000484. The second-order valence-corrected chi connectivity index (χ2v) is 4.62. The summed E-state index contributed by atoms with van der Waals surface area (Å²) >= 11 is 0. The molecule has 0 spiro atoms. The topological polar surface area (TPSA) is 171 Å². The van der Waals surface area contributed by atoms with Crippen LogP contribution in [-0.4, -0.2) is 81.3 Å². The molecule has 0 saturated carbocycles. The number of aliphatic hydroxyl groups excluding tert-OH is 4. The number of carbonyl (C=O) groups is 1. The molecule has 0 amide bonds. The van der Waals surface area contributed by atoms with Gasteiger partial charge in [-0.05, 0) is 29.8 Å². The van der Waals surface area contributed by atoms with E-state index in [0.717, 1.165) is 6.21 Å². The number of benzene rings is 1. The van der Waals surface area contributed by atoms with E-state index in [-0.39, 0.29) is 11.8 Å². The van der Waals surface area contributed by atoms with Gasteiger partial charge in [0, 0.05) is 6.21 Å². The summed E-state index contributed by atoms with van der Waals surface area (Å²) in [4.78, 5) is 14.6. The lowest BCUT2D eigenvalue weighted by molar-refractivity contribution is -0.162. The molecule has 0 saturated heterocycles. The maximum absolute atomic E-state index is 11.0. The number of ether oxygens (including phenoxy) is 1.